The fraction of sp³-hybridized carbons (Fsp3) is 0.375. The summed E-state index contributed by atoms with van der Waals surface area (Å²) in [6.45, 7) is 5.33. The van der Waals surface area contributed by atoms with Crippen LogP contribution in [0.15, 0.2) is 24.5 Å². The largest absolute Gasteiger partial charge is 0.354 e. The highest BCUT2D eigenvalue weighted by molar-refractivity contribution is 4.93. The smallest absolute Gasteiger partial charge is 0.0276 e. The van der Waals surface area contributed by atoms with Crippen LogP contribution in [0.4, 0.5) is 0 Å². The van der Waals surface area contributed by atoms with Crippen LogP contribution in [0.2, 0.25) is 0 Å². The van der Waals surface area contributed by atoms with Crippen LogP contribution in [-0.4, -0.2) is 4.57 Å². The molecule has 1 heterocycles. The first kappa shape index (κ1) is 6.40. The maximum atomic E-state index is 2.16. The van der Waals surface area contributed by atoms with Crippen molar-refractivity contribution < 1.29 is 0 Å². The molecule has 0 saturated heterocycles. The van der Waals surface area contributed by atoms with E-state index in [4.69, 9.17) is 0 Å². The molecular formula is C8H12N. The summed E-state index contributed by atoms with van der Waals surface area (Å²) in [5.41, 5.74) is 0. The number of hydrogen-bond acceptors (Lipinski definition) is 0. The van der Waals surface area contributed by atoms with Crippen molar-refractivity contribution in [3.05, 3.63) is 30.4 Å². The standard InChI is InChI=1S/C8H12N/c1-8(2)7-9-5-3-4-6-9/h3-6H,7H2,1-2H3. The Kier molecular flexibility index (Phi) is 1.93. The van der Waals surface area contributed by atoms with Crippen molar-refractivity contribution in [2.24, 2.45) is 0 Å². The molecule has 1 nitrogen and oxygen atoms in total. The third-order valence-electron chi connectivity index (χ3n) is 1.16. The molecule has 0 aliphatic rings. The van der Waals surface area contributed by atoms with E-state index >= 15 is 0 Å². The molecule has 0 aromatic carbocycles. The first-order valence-corrected chi connectivity index (χ1v) is 3.19. The highest BCUT2D eigenvalue weighted by atomic mass is 14.9. The van der Waals surface area contributed by atoms with E-state index in [0.717, 1.165) is 6.54 Å². The number of rotatable bonds is 2. The summed E-state index contributed by atoms with van der Waals surface area (Å²) < 4.78 is 2.16. The van der Waals surface area contributed by atoms with Crippen molar-refractivity contribution in [2.45, 2.75) is 20.4 Å². The molecule has 1 aromatic heterocycles. The Balaban J connectivity index is 2.48. The normalized spacial score (nSPS) is 10.6. The molecule has 0 bridgehead atoms. The minimum absolute atomic E-state index is 1.05. The Morgan fingerprint density at radius 3 is 2.22 bits per heavy atom. The van der Waals surface area contributed by atoms with E-state index in [1.807, 2.05) is 12.1 Å². The van der Waals surface area contributed by atoms with Gasteiger partial charge in [0.15, 0.2) is 0 Å². The predicted octanol–water partition coefficient (Wildman–Crippen LogP) is 2.10. The Morgan fingerprint density at radius 2 is 1.78 bits per heavy atom. The summed E-state index contributed by atoms with van der Waals surface area (Å²) in [6.07, 6.45) is 4.15. The van der Waals surface area contributed by atoms with E-state index in [-0.39, 0.29) is 0 Å². The Labute approximate surface area is 56.3 Å². The lowest BCUT2D eigenvalue weighted by molar-refractivity contribution is 0.716. The lowest BCUT2D eigenvalue weighted by Gasteiger charge is -2.03. The zero-order chi connectivity index (χ0) is 6.69. The number of aromatic nitrogens is 1. The van der Waals surface area contributed by atoms with Gasteiger partial charge >= 0.3 is 0 Å². The van der Waals surface area contributed by atoms with Gasteiger partial charge in [-0.1, -0.05) is 13.8 Å². The monoisotopic (exact) mass is 122 g/mol. The SMILES string of the molecule is C[C](C)Cn1cccc1. The molecule has 0 N–H and O–H groups in total. The van der Waals surface area contributed by atoms with Crippen molar-refractivity contribution in [3.8, 4) is 0 Å². The second-order valence-corrected chi connectivity index (χ2v) is 2.56. The molecule has 0 amide bonds. The Hall–Kier alpha value is -0.720. The first-order chi connectivity index (χ1) is 4.29. The fourth-order valence-electron chi connectivity index (χ4n) is 0.841. The Bertz CT molecular complexity index is 151. The summed E-state index contributed by atoms with van der Waals surface area (Å²) >= 11 is 0. The predicted molar refractivity (Wildman–Crippen MR) is 39.0 cm³/mol. The molecule has 0 spiro atoms. The van der Waals surface area contributed by atoms with Gasteiger partial charge in [-0.2, -0.15) is 0 Å². The highest BCUT2D eigenvalue weighted by Crippen LogP contribution is 2.00. The van der Waals surface area contributed by atoms with Gasteiger partial charge < -0.3 is 4.57 Å². The average Bonchev–Trinajstić information content (AvgIpc) is 2.15. The molecule has 0 aliphatic heterocycles. The summed E-state index contributed by atoms with van der Waals surface area (Å²) in [6, 6.07) is 4.09. The lowest BCUT2D eigenvalue weighted by Crippen LogP contribution is -1.98. The third kappa shape index (κ3) is 1.92. The average molecular weight is 122 g/mol. The van der Waals surface area contributed by atoms with Crippen LogP contribution in [0.3, 0.4) is 0 Å². The fourth-order valence-corrected chi connectivity index (χ4v) is 0.841. The van der Waals surface area contributed by atoms with Crippen LogP contribution >= 0.6 is 0 Å². The zero-order valence-corrected chi connectivity index (χ0v) is 5.96. The summed E-state index contributed by atoms with van der Waals surface area (Å²) in [7, 11) is 0. The molecule has 9 heavy (non-hydrogen) atoms. The first-order valence-electron chi connectivity index (χ1n) is 3.19. The van der Waals surface area contributed by atoms with Gasteiger partial charge in [0.05, 0.1) is 0 Å². The van der Waals surface area contributed by atoms with Gasteiger partial charge in [-0.3, -0.25) is 0 Å². The van der Waals surface area contributed by atoms with Gasteiger partial charge in [0.2, 0.25) is 0 Å². The Morgan fingerprint density at radius 1 is 1.22 bits per heavy atom. The summed E-state index contributed by atoms with van der Waals surface area (Å²) in [4.78, 5) is 0. The van der Waals surface area contributed by atoms with E-state index in [1.54, 1.807) is 0 Å². The third-order valence-corrected chi connectivity index (χ3v) is 1.16. The highest BCUT2D eigenvalue weighted by Gasteiger charge is 1.92. The maximum absolute atomic E-state index is 2.16. The molecule has 0 unspecified atom stereocenters. The van der Waals surface area contributed by atoms with Gasteiger partial charge in [-0.05, 0) is 18.1 Å². The van der Waals surface area contributed by atoms with Gasteiger partial charge in [0.25, 0.3) is 0 Å². The molecule has 0 atom stereocenters. The molecule has 0 saturated carbocycles. The number of nitrogens with zero attached hydrogens (tertiary/aromatic N) is 1. The second kappa shape index (κ2) is 2.72. The minimum atomic E-state index is 1.05. The molecule has 0 aliphatic carbocycles. The van der Waals surface area contributed by atoms with Gasteiger partial charge in [0, 0.05) is 18.9 Å². The topological polar surface area (TPSA) is 4.93 Å². The summed E-state index contributed by atoms with van der Waals surface area (Å²) in [5.74, 6) is 1.44. The second-order valence-electron chi connectivity index (χ2n) is 2.56. The van der Waals surface area contributed by atoms with E-state index < -0.39 is 0 Å². The molecule has 49 valence electrons. The minimum Gasteiger partial charge on any atom is -0.354 e. The van der Waals surface area contributed by atoms with Crippen LogP contribution in [0.1, 0.15) is 13.8 Å². The summed E-state index contributed by atoms with van der Waals surface area (Å²) in [5, 5.41) is 0. The van der Waals surface area contributed by atoms with Gasteiger partial charge in [-0.25, -0.2) is 0 Å². The molecular weight excluding hydrogens is 110 g/mol. The van der Waals surface area contributed by atoms with Gasteiger partial charge in [-0.15, -0.1) is 0 Å². The van der Waals surface area contributed by atoms with E-state index in [2.05, 4.69) is 30.8 Å². The quantitative estimate of drug-likeness (QED) is 0.566. The van der Waals surface area contributed by atoms with Crippen LogP contribution in [0, 0.1) is 5.92 Å². The van der Waals surface area contributed by atoms with Crippen molar-refractivity contribution in [2.75, 3.05) is 0 Å². The molecule has 1 rings (SSSR count). The van der Waals surface area contributed by atoms with E-state index in [9.17, 15) is 0 Å². The lowest BCUT2D eigenvalue weighted by atomic mass is 10.2. The van der Waals surface area contributed by atoms with Crippen molar-refractivity contribution >= 4 is 0 Å². The van der Waals surface area contributed by atoms with Crippen molar-refractivity contribution in [1.82, 2.24) is 4.57 Å². The molecule has 1 aromatic rings. The molecule has 1 radical (unpaired) electrons. The van der Waals surface area contributed by atoms with E-state index in [0.29, 0.717) is 0 Å². The molecule has 0 fully saturated rings. The van der Waals surface area contributed by atoms with Crippen molar-refractivity contribution in [1.29, 1.82) is 0 Å². The van der Waals surface area contributed by atoms with Crippen LogP contribution in [-0.2, 0) is 6.54 Å². The van der Waals surface area contributed by atoms with Gasteiger partial charge in [0.1, 0.15) is 0 Å². The van der Waals surface area contributed by atoms with Crippen molar-refractivity contribution in [3.63, 3.8) is 0 Å². The van der Waals surface area contributed by atoms with Crippen LogP contribution in [0.5, 0.6) is 0 Å². The molecule has 1 heteroatoms. The van der Waals surface area contributed by atoms with E-state index in [1.165, 1.54) is 5.92 Å². The van der Waals surface area contributed by atoms with Crippen LogP contribution in [0.25, 0.3) is 0 Å². The zero-order valence-electron chi connectivity index (χ0n) is 5.96. The number of hydrogen-bond donors (Lipinski definition) is 0. The van der Waals surface area contributed by atoms with Crippen LogP contribution < -0.4 is 0 Å². The maximum Gasteiger partial charge on any atom is 0.0276 e.